The summed E-state index contributed by atoms with van der Waals surface area (Å²) in [6.07, 6.45) is 7.69. The normalized spacial score (nSPS) is 16.2. The van der Waals surface area contributed by atoms with Gasteiger partial charge in [-0.1, -0.05) is 49.9 Å². The van der Waals surface area contributed by atoms with Gasteiger partial charge in [0.2, 0.25) is 5.91 Å². The third kappa shape index (κ3) is 4.42. The largest absolute Gasteiger partial charge is 0.380 e. The molecule has 1 saturated carbocycles. The lowest BCUT2D eigenvalue weighted by atomic mass is 9.87. The van der Waals surface area contributed by atoms with Gasteiger partial charge in [0.15, 0.2) is 5.13 Å². The van der Waals surface area contributed by atoms with Crippen molar-refractivity contribution in [2.45, 2.75) is 44.6 Å². The predicted molar refractivity (Wildman–Crippen MR) is 97.2 cm³/mol. The fraction of sp³-hybridized carbons (Fsp3) is 0.474. The van der Waals surface area contributed by atoms with E-state index < -0.39 is 0 Å². The first kappa shape index (κ1) is 17.1. The first-order valence-electron chi connectivity index (χ1n) is 8.54. The van der Waals surface area contributed by atoms with Gasteiger partial charge >= 0.3 is 0 Å². The van der Waals surface area contributed by atoms with Crippen molar-refractivity contribution in [3.05, 3.63) is 47.0 Å². The third-order valence-electron chi connectivity index (χ3n) is 4.72. The zero-order valence-corrected chi connectivity index (χ0v) is 14.8. The van der Waals surface area contributed by atoms with Crippen molar-refractivity contribution >= 4 is 22.4 Å². The maximum atomic E-state index is 12.8. The fourth-order valence-corrected chi connectivity index (χ4v) is 4.00. The molecular formula is C19H24N2O2S. The van der Waals surface area contributed by atoms with Crippen molar-refractivity contribution in [1.29, 1.82) is 0 Å². The molecule has 1 unspecified atom stereocenters. The van der Waals surface area contributed by atoms with Crippen molar-refractivity contribution in [3.8, 4) is 0 Å². The summed E-state index contributed by atoms with van der Waals surface area (Å²) in [7, 11) is 1.69. The van der Waals surface area contributed by atoms with E-state index in [1.807, 2.05) is 5.38 Å². The van der Waals surface area contributed by atoms with E-state index >= 15 is 0 Å². The van der Waals surface area contributed by atoms with Crippen LogP contribution in [0.2, 0.25) is 0 Å². The average molecular weight is 344 g/mol. The lowest BCUT2D eigenvalue weighted by Gasteiger charge is -2.20. The molecular weight excluding hydrogens is 320 g/mol. The summed E-state index contributed by atoms with van der Waals surface area (Å²) >= 11 is 1.46. The molecule has 24 heavy (non-hydrogen) atoms. The van der Waals surface area contributed by atoms with Crippen LogP contribution in [-0.4, -0.2) is 18.0 Å². The number of carbonyl (C=O) groups excluding carboxylic acids is 1. The Morgan fingerprint density at radius 1 is 1.33 bits per heavy atom. The van der Waals surface area contributed by atoms with E-state index in [-0.39, 0.29) is 11.8 Å². The van der Waals surface area contributed by atoms with Crippen LogP contribution in [0.25, 0.3) is 0 Å². The Hall–Kier alpha value is -1.72. The number of rotatable bonds is 7. The van der Waals surface area contributed by atoms with Crippen molar-refractivity contribution < 1.29 is 9.53 Å². The molecule has 1 amide bonds. The smallest absolute Gasteiger partial charge is 0.233 e. The molecule has 0 saturated heterocycles. The van der Waals surface area contributed by atoms with Crippen LogP contribution in [0.15, 0.2) is 35.8 Å². The molecule has 0 radical (unpaired) electrons. The Bertz CT molecular complexity index is 634. The van der Waals surface area contributed by atoms with E-state index in [1.54, 1.807) is 13.3 Å². The van der Waals surface area contributed by atoms with Gasteiger partial charge in [0.25, 0.3) is 0 Å². The monoisotopic (exact) mass is 344 g/mol. The Morgan fingerprint density at radius 2 is 2.08 bits per heavy atom. The summed E-state index contributed by atoms with van der Waals surface area (Å²) in [4.78, 5) is 17.0. The molecule has 1 heterocycles. The van der Waals surface area contributed by atoms with Gasteiger partial charge < -0.3 is 10.1 Å². The van der Waals surface area contributed by atoms with E-state index in [2.05, 4.69) is 34.6 Å². The highest BCUT2D eigenvalue weighted by Crippen LogP contribution is 2.35. The van der Waals surface area contributed by atoms with Crippen LogP contribution in [0, 0.1) is 5.92 Å². The van der Waals surface area contributed by atoms with Gasteiger partial charge in [0, 0.05) is 18.7 Å². The number of thiazole rings is 1. The molecule has 3 rings (SSSR count). The quantitative estimate of drug-likeness (QED) is 0.799. The van der Waals surface area contributed by atoms with Gasteiger partial charge in [-0.3, -0.25) is 4.79 Å². The second-order valence-electron chi connectivity index (χ2n) is 6.44. The molecule has 1 aliphatic carbocycles. The van der Waals surface area contributed by atoms with Gasteiger partial charge in [-0.05, 0) is 23.5 Å². The highest BCUT2D eigenvalue weighted by Gasteiger charge is 2.27. The molecule has 5 heteroatoms. The van der Waals surface area contributed by atoms with Gasteiger partial charge in [0.1, 0.15) is 0 Å². The number of nitrogens with one attached hydrogen (secondary N) is 1. The van der Waals surface area contributed by atoms with Gasteiger partial charge in [-0.25, -0.2) is 4.98 Å². The summed E-state index contributed by atoms with van der Waals surface area (Å²) in [5, 5.41) is 5.53. The van der Waals surface area contributed by atoms with Crippen LogP contribution in [-0.2, 0) is 16.1 Å². The Balaban J connectivity index is 1.76. The van der Waals surface area contributed by atoms with Crippen molar-refractivity contribution in [3.63, 3.8) is 0 Å². The fourth-order valence-electron chi connectivity index (χ4n) is 3.46. The summed E-state index contributed by atoms with van der Waals surface area (Å²) in [6.45, 7) is 0.596. The van der Waals surface area contributed by atoms with Crippen LogP contribution in [0.5, 0.6) is 0 Å². The second-order valence-corrected chi connectivity index (χ2v) is 7.33. The van der Waals surface area contributed by atoms with E-state index in [0.29, 0.717) is 17.7 Å². The molecule has 128 valence electrons. The number of benzene rings is 1. The number of aromatic nitrogens is 1. The number of nitrogens with zero attached hydrogens (tertiary/aromatic N) is 1. The van der Waals surface area contributed by atoms with Crippen LogP contribution in [0.4, 0.5) is 5.13 Å². The van der Waals surface area contributed by atoms with Gasteiger partial charge in [-0.15, -0.1) is 11.3 Å². The zero-order chi connectivity index (χ0) is 16.8. The predicted octanol–water partition coefficient (Wildman–Crippen LogP) is 4.59. The average Bonchev–Trinajstić information content (AvgIpc) is 3.27. The first-order valence-corrected chi connectivity index (χ1v) is 9.42. The highest BCUT2D eigenvalue weighted by molar-refractivity contribution is 7.13. The van der Waals surface area contributed by atoms with Crippen molar-refractivity contribution in [2.24, 2.45) is 5.92 Å². The SMILES string of the molecule is COCc1ccc(C(CC2CCCC2)C(=O)Nc2nccs2)cc1. The number of methoxy groups -OCH3 is 1. The number of hydrogen-bond donors (Lipinski definition) is 1. The molecule has 0 aliphatic heterocycles. The maximum absolute atomic E-state index is 12.8. The van der Waals surface area contributed by atoms with Gasteiger partial charge in [0.05, 0.1) is 12.5 Å². The number of carbonyl (C=O) groups is 1. The molecule has 0 bridgehead atoms. The van der Waals surface area contributed by atoms with E-state index in [4.69, 9.17) is 4.74 Å². The van der Waals surface area contributed by atoms with Crippen molar-refractivity contribution in [2.75, 3.05) is 12.4 Å². The summed E-state index contributed by atoms with van der Waals surface area (Å²) in [6, 6.07) is 8.24. The molecule has 1 aromatic heterocycles. The Kier molecular flexibility index (Phi) is 5.99. The maximum Gasteiger partial charge on any atom is 0.233 e. The van der Waals surface area contributed by atoms with E-state index in [0.717, 1.165) is 17.5 Å². The summed E-state index contributed by atoms with van der Waals surface area (Å²) in [5.41, 5.74) is 2.21. The summed E-state index contributed by atoms with van der Waals surface area (Å²) < 4.78 is 5.17. The van der Waals surface area contributed by atoms with Crippen LogP contribution in [0.1, 0.15) is 49.1 Å². The van der Waals surface area contributed by atoms with Crippen LogP contribution >= 0.6 is 11.3 Å². The van der Waals surface area contributed by atoms with Crippen LogP contribution < -0.4 is 5.32 Å². The lowest BCUT2D eigenvalue weighted by molar-refractivity contribution is -0.118. The highest BCUT2D eigenvalue weighted by atomic mass is 32.1. The molecule has 4 nitrogen and oxygen atoms in total. The number of amides is 1. The molecule has 0 spiro atoms. The van der Waals surface area contributed by atoms with E-state index in [1.165, 1.54) is 37.0 Å². The van der Waals surface area contributed by atoms with Gasteiger partial charge in [-0.2, -0.15) is 0 Å². The zero-order valence-electron chi connectivity index (χ0n) is 14.0. The molecule has 2 aromatic rings. The molecule has 1 atom stereocenters. The number of anilines is 1. The Morgan fingerprint density at radius 3 is 2.71 bits per heavy atom. The second kappa shape index (κ2) is 8.40. The topological polar surface area (TPSA) is 51.2 Å². The molecule has 1 fully saturated rings. The summed E-state index contributed by atoms with van der Waals surface area (Å²) in [5.74, 6) is 0.584. The number of hydrogen-bond acceptors (Lipinski definition) is 4. The Labute approximate surface area is 147 Å². The molecule has 1 N–H and O–H groups in total. The third-order valence-corrected chi connectivity index (χ3v) is 5.40. The van der Waals surface area contributed by atoms with Crippen LogP contribution in [0.3, 0.4) is 0 Å². The minimum absolute atomic E-state index is 0.0522. The molecule has 1 aliphatic rings. The van der Waals surface area contributed by atoms with Crippen molar-refractivity contribution in [1.82, 2.24) is 4.98 Å². The number of ether oxygens (including phenoxy) is 1. The minimum atomic E-state index is -0.117. The first-order chi connectivity index (χ1) is 11.8. The molecule has 1 aromatic carbocycles. The van der Waals surface area contributed by atoms with E-state index in [9.17, 15) is 4.79 Å². The minimum Gasteiger partial charge on any atom is -0.380 e. The lowest BCUT2D eigenvalue weighted by Crippen LogP contribution is -2.23. The standard InChI is InChI=1S/C19H24N2O2S/c1-23-13-15-6-8-16(9-7-15)17(12-14-4-2-3-5-14)18(22)21-19-20-10-11-24-19/h6-11,14,17H,2-5,12-13H2,1H3,(H,20,21,22).